The van der Waals surface area contributed by atoms with Crippen molar-refractivity contribution in [3.8, 4) is 0 Å². The fraction of sp³-hybridized carbons (Fsp3) is 0.724. The van der Waals surface area contributed by atoms with Crippen molar-refractivity contribution in [3.63, 3.8) is 0 Å². The van der Waals surface area contributed by atoms with Crippen molar-refractivity contribution in [3.05, 3.63) is 109 Å². The van der Waals surface area contributed by atoms with E-state index in [-0.39, 0.29) is 31.1 Å². The Morgan fingerprint density at radius 1 is 0.256 bits per heavy atom. The molecule has 0 aromatic rings. The minimum Gasteiger partial charge on any atom is -0.462 e. The van der Waals surface area contributed by atoms with Crippen LogP contribution in [-0.2, 0) is 28.6 Å². The molecule has 0 rings (SSSR count). The summed E-state index contributed by atoms with van der Waals surface area (Å²) >= 11 is 0. The van der Waals surface area contributed by atoms with E-state index < -0.39 is 6.10 Å². The standard InChI is InChI=1S/C76H130O6/c1-4-7-10-13-16-19-22-25-28-29-30-31-32-33-34-35-36-37-38-39-40-41-42-43-44-45-46-47-49-51-54-57-60-63-66-69-75(78)81-72-73(71-80-74(77)68-65-62-59-56-53-50-27-24-21-18-15-12-9-6-3)82-76(79)70-67-64-61-58-55-52-48-26-23-20-17-14-11-8-5-2/h7-8,10-11,15-20,24-28,30-31,48,73H,4-6,9,12-14,21-23,29,32-47,49-72H2,1-3H3/b10-7-,11-8-,18-15-,19-16-,20-17-,27-24-,28-25-,31-30-,48-26-. The van der Waals surface area contributed by atoms with Gasteiger partial charge in [-0.05, 0) is 116 Å². The summed E-state index contributed by atoms with van der Waals surface area (Å²) in [5.41, 5.74) is 0. The molecule has 6 nitrogen and oxygen atoms in total. The van der Waals surface area contributed by atoms with E-state index in [1.54, 1.807) is 0 Å². The maximum atomic E-state index is 12.9. The van der Waals surface area contributed by atoms with Gasteiger partial charge in [0.2, 0.25) is 0 Å². The molecule has 0 saturated heterocycles. The van der Waals surface area contributed by atoms with Crippen molar-refractivity contribution < 1.29 is 28.6 Å². The molecule has 0 saturated carbocycles. The van der Waals surface area contributed by atoms with Gasteiger partial charge in [0.25, 0.3) is 0 Å². The minimum absolute atomic E-state index is 0.0868. The van der Waals surface area contributed by atoms with Crippen LogP contribution in [-0.4, -0.2) is 37.2 Å². The van der Waals surface area contributed by atoms with Gasteiger partial charge >= 0.3 is 17.9 Å². The number of allylic oxidation sites excluding steroid dienone is 18. The van der Waals surface area contributed by atoms with E-state index in [4.69, 9.17) is 14.2 Å². The first-order valence-electron chi connectivity index (χ1n) is 34.9. The minimum atomic E-state index is -0.793. The topological polar surface area (TPSA) is 78.9 Å². The van der Waals surface area contributed by atoms with E-state index in [0.717, 1.165) is 148 Å². The van der Waals surface area contributed by atoms with E-state index in [0.29, 0.717) is 19.3 Å². The Hall–Kier alpha value is -3.93. The Morgan fingerprint density at radius 3 is 0.744 bits per heavy atom. The quantitative estimate of drug-likeness (QED) is 0.0261. The van der Waals surface area contributed by atoms with Gasteiger partial charge in [-0.15, -0.1) is 0 Å². The van der Waals surface area contributed by atoms with Gasteiger partial charge in [0.1, 0.15) is 13.2 Å². The molecule has 0 aliphatic carbocycles. The van der Waals surface area contributed by atoms with E-state index in [2.05, 4.69) is 130 Å². The molecule has 0 heterocycles. The molecule has 0 aliphatic rings. The van der Waals surface area contributed by atoms with Crippen LogP contribution in [0.2, 0.25) is 0 Å². The zero-order chi connectivity index (χ0) is 59.2. The predicted octanol–water partition coefficient (Wildman–Crippen LogP) is 24.2. The molecule has 0 amide bonds. The third-order valence-corrected chi connectivity index (χ3v) is 15.0. The normalized spacial score (nSPS) is 12.8. The molecule has 0 spiro atoms. The van der Waals surface area contributed by atoms with Crippen molar-refractivity contribution in [1.82, 2.24) is 0 Å². The Kier molecular flexibility index (Phi) is 66.2. The molecule has 0 aliphatic heterocycles. The number of ether oxygens (including phenoxy) is 3. The first-order valence-corrected chi connectivity index (χ1v) is 34.9. The number of hydrogen-bond donors (Lipinski definition) is 0. The third-order valence-electron chi connectivity index (χ3n) is 15.0. The van der Waals surface area contributed by atoms with Crippen LogP contribution in [0.25, 0.3) is 0 Å². The summed E-state index contributed by atoms with van der Waals surface area (Å²) in [6, 6.07) is 0. The Labute approximate surface area is 508 Å². The Bertz CT molecular complexity index is 1640. The number of carbonyl (C=O) groups is 3. The Morgan fingerprint density at radius 2 is 0.476 bits per heavy atom. The van der Waals surface area contributed by atoms with Gasteiger partial charge in [-0.25, -0.2) is 0 Å². The fourth-order valence-electron chi connectivity index (χ4n) is 9.82. The van der Waals surface area contributed by atoms with Crippen LogP contribution in [0.5, 0.6) is 0 Å². The zero-order valence-corrected chi connectivity index (χ0v) is 54.0. The maximum absolute atomic E-state index is 12.9. The molecule has 1 atom stereocenters. The fourth-order valence-corrected chi connectivity index (χ4v) is 9.82. The second-order valence-corrected chi connectivity index (χ2v) is 23.0. The van der Waals surface area contributed by atoms with Crippen LogP contribution in [0.1, 0.15) is 335 Å². The largest absolute Gasteiger partial charge is 0.462 e. The van der Waals surface area contributed by atoms with Crippen LogP contribution in [0.15, 0.2) is 109 Å². The molecule has 1 unspecified atom stereocenters. The highest BCUT2D eigenvalue weighted by molar-refractivity contribution is 5.71. The van der Waals surface area contributed by atoms with E-state index in [1.807, 2.05) is 0 Å². The molecule has 0 N–H and O–H groups in total. The highest BCUT2D eigenvalue weighted by atomic mass is 16.6. The number of unbranched alkanes of at least 4 members (excludes halogenated alkanes) is 34. The average molecular weight is 1140 g/mol. The van der Waals surface area contributed by atoms with Crippen LogP contribution in [0, 0.1) is 0 Å². The van der Waals surface area contributed by atoms with Crippen molar-refractivity contribution in [1.29, 1.82) is 0 Å². The smallest absolute Gasteiger partial charge is 0.306 e. The molecule has 0 fully saturated rings. The summed E-state index contributed by atoms with van der Waals surface area (Å²) in [7, 11) is 0. The van der Waals surface area contributed by atoms with E-state index in [9.17, 15) is 14.4 Å². The van der Waals surface area contributed by atoms with Gasteiger partial charge in [0, 0.05) is 19.3 Å². The first-order chi connectivity index (χ1) is 40.5. The summed E-state index contributed by atoms with van der Waals surface area (Å²) < 4.78 is 16.9. The Balaban J connectivity index is 4.12. The van der Waals surface area contributed by atoms with Crippen molar-refractivity contribution >= 4 is 17.9 Å². The molecule has 6 heteroatoms. The van der Waals surface area contributed by atoms with Crippen molar-refractivity contribution in [2.75, 3.05) is 13.2 Å². The molecular formula is C76H130O6. The highest BCUT2D eigenvalue weighted by Crippen LogP contribution is 2.17. The van der Waals surface area contributed by atoms with Crippen LogP contribution in [0.3, 0.4) is 0 Å². The van der Waals surface area contributed by atoms with E-state index >= 15 is 0 Å². The predicted molar refractivity (Wildman–Crippen MR) is 357 cm³/mol. The lowest BCUT2D eigenvalue weighted by atomic mass is 10.0. The number of carbonyl (C=O) groups excluding carboxylic acids is 3. The first kappa shape index (κ1) is 78.1. The lowest BCUT2D eigenvalue weighted by molar-refractivity contribution is -0.167. The number of rotatable bonds is 63. The molecule has 82 heavy (non-hydrogen) atoms. The molecular weight excluding hydrogens is 1010 g/mol. The number of esters is 3. The third kappa shape index (κ3) is 66.9. The van der Waals surface area contributed by atoms with Gasteiger partial charge < -0.3 is 14.2 Å². The molecule has 0 aromatic heterocycles. The SMILES string of the molecule is CC/C=C\C/C=C\C/C=C\C/C=C\CCCCCCCCCCCCCCCCCCCCCCCCC(=O)OCC(COC(=O)CCCCCCC/C=C\C/C=C\CCCC)OC(=O)CCCCCCC/C=C\C/C=C\C/C=C\CC. The molecule has 0 bridgehead atoms. The van der Waals surface area contributed by atoms with Crippen LogP contribution in [0.4, 0.5) is 0 Å². The van der Waals surface area contributed by atoms with Gasteiger partial charge in [-0.3, -0.25) is 14.4 Å². The van der Waals surface area contributed by atoms with Crippen molar-refractivity contribution in [2.24, 2.45) is 0 Å². The zero-order valence-electron chi connectivity index (χ0n) is 54.0. The summed E-state index contributed by atoms with van der Waals surface area (Å²) in [4.78, 5) is 38.3. The van der Waals surface area contributed by atoms with Crippen LogP contribution >= 0.6 is 0 Å². The lowest BCUT2D eigenvalue weighted by Crippen LogP contribution is -2.30. The number of hydrogen-bond acceptors (Lipinski definition) is 6. The second kappa shape index (κ2) is 69.6. The van der Waals surface area contributed by atoms with Crippen molar-refractivity contribution in [2.45, 2.75) is 341 Å². The average Bonchev–Trinajstić information content (AvgIpc) is 3.48. The summed E-state index contributed by atoms with van der Waals surface area (Å²) in [6.07, 6.45) is 95.6. The summed E-state index contributed by atoms with van der Waals surface area (Å²) in [6.45, 7) is 6.38. The monoisotopic (exact) mass is 1140 g/mol. The molecule has 0 aromatic carbocycles. The van der Waals surface area contributed by atoms with Gasteiger partial charge in [-0.2, -0.15) is 0 Å². The summed E-state index contributed by atoms with van der Waals surface area (Å²) in [5, 5.41) is 0. The highest BCUT2D eigenvalue weighted by Gasteiger charge is 2.19. The molecule has 470 valence electrons. The summed E-state index contributed by atoms with van der Waals surface area (Å²) in [5.74, 6) is -0.906. The van der Waals surface area contributed by atoms with Crippen LogP contribution < -0.4 is 0 Å². The van der Waals surface area contributed by atoms with E-state index in [1.165, 1.54) is 148 Å². The maximum Gasteiger partial charge on any atom is 0.306 e. The molecule has 0 radical (unpaired) electrons. The lowest BCUT2D eigenvalue weighted by Gasteiger charge is -2.18. The second-order valence-electron chi connectivity index (χ2n) is 23.0. The van der Waals surface area contributed by atoms with Gasteiger partial charge in [-0.1, -0.05) is 310 Å². The van der Waals surface area contributed by atoms with Gasteiger partial charge in [0.05, 0.1) is 0 Å². The van der Waals surface area contributed by atoms with Gasteiger partial charge in [0.15, 0.2) is 6.10 Å².